The molecule has 1 aliphatic heterocycles. The molecule has 84 valence electrons. The fourth-order valence-corrected chi connectivity index (χ4v) is 3.55. The van der Waals surface area contributed by atoms with Gasteiger partial charge in [-0.3, -0.25) is 0 Å². The normalized spacial score (nSPS) is 24.4. The van der Waals surface area contributed by atoms with Crippen LogP contribution in [0.1, 0.15) is 46.5 Å². The molecule has 1 nitrogen and oxygen atoms in total. The summed E-state index contributed by atoms with van der Waals surface area (Å²) in [5, 5.41) is 4.56. The summed E-state index contributed by atoms with van der Waals surface area (Å²) >= 11 is 2.18. The highest BCUT2D eigenvalue weighted by Gasteiger charge is 2.24. The summed E-state index contributed by atoms with van der Waals surface area (Å²) in [6, 6.07) is 0.773. The molecule has 0 spiro atoms. The van der Waals surface area contributed by atoms with Gasteiger partial charge in [-0.05, 0) is 43.9 Å². The molecule has 1 saturated heterocycles. The lowest BCUT2D eigenvalue weighted by atomic mass is 9.99. The maximum atomic E-state index is 3.66. The van der Waals surface area contributed by atoms with Crippen molar-refractivity contribution in [3.8, 4) is 0 Å². The zero-order valence-electron chi connectivity index (χ0n) is 9.88. The number of hydrogen-bond acceptors (Lipinski definition) is 2. The topological polar surface area (TPSA) is 12.0 Å². The van der Waals surface area contributed by atoms with Crippen LogP contribution < -0.4 is 5.32 Å². The van der Waals surface area contributed by atoms with Crippen LogP contribution in [0.4, 0.5) is 0 Å². The fraction of sp³-hybridized carbons (Fsp3) is 1.00. The van der Waals surface area contributed by atoms with E-state index in [-0.39, 0.29) is 0 Å². The Balaban J connectivity index is 2.29. The van der Waals surface area contributed by atoms with Gasteiger partial charge in [0.05, 0.1) is 0 Å². The molecule has 0 aromatic carbocycles. The van der Waals surface area contributed by atoms with Crippen molar-refractivity contribution in [3.63, 3.8) is 0 Å². The average Bonchev–Trinajstić information content (AvgIpc) is 2.64. The van der Waals surface area contributed by atoms with Crippen LogP contribution in [0.25, 0.3) is 0 Å². The van der Waals surface area contributed by atoms with Crippen LogP contribution in [0.2, 0.25) is 0 Å². The zero-order chi connectivity index (χ0) is 10.4. The van der Waals surface area contributed by atoms with Gasteiger partial charge in [-0.1, -0.05) is 20.8 Å². The quantitative estimate of drug-likeness (QED) is 0.729. The fourth-order valence-electron chi connectivity index (χ4n) is 2.11. The predicted octanol–water partition coefficient (Wildman–Crippen LogP) is 3.30. The monoisotopic (exact) mass is 215 g/mol. The third kappa shape index (κ3) is 4.22. The Bertz CT molecular complexity index is 141. The van der Waals surface area contributed by atoms with Gasteiger partial charge < -0.3 is 5.32 Å². The van der Waals surface area contributed by atoms with E-state index in [2.05, 4.69) is 37.8 Å². The van der Waals surface area contributed by atoms with Crippen LogP contribution in [-0.4, -0.2) is 23.6 Å². The van der Waals surface area contributed by atoms with Crippen molar-refractivity contribution in [2.75, 3.05) is 12.3 Å². The predicted molar refractivity (Wildman–Crippen MR) is 67.0 cm³/mol. The smallest absolute Gasteiger partial charge is 0.0201 e. The van der Waals surface area contributed by atoms with E-state index in [0.29, 0.717) is 0 Å². The minimum atomic E-state index is 0.773. The van der Waals surface area contributed by atoms with Gasteiger partial charge in [-0.25, -0.2) is 0 Å². The highest BCUT2D eigenvalue weighted by molar-refractivity contribution is 8.00. The van der Waals surface area contributed by atoms with Crippen molar-refractivity contribution in [2.24, 2.45) is 5.92 Å². The minimum absolute atomic E-state index is 0.773. The molecule has 0 saturated carbocycles. The van der Waals surface area contributed by atoms with E-state index in [1.807, 2.05) is 0 Å². The SMILES string of the molecule is CCNC(CCC(C)C)C1CCCS1. The maximum absolute atomic E-state index is 3.66. The molecule has 14 heavy (non-hydrogen) atoms. The molecule has 1 N–H and O–H groups in total. The standard InChI is InChI=1S/C12H25NS/c1-4-13-11(8-7-10(2)3)12-6-5-9-14-12/h10-13H,4-9H2,1-3H3. The number of thioether (sulfide) groups is 1. The van der Waals surface area contributed by atoms with Crippen molar-refractivity contribution in [1.82, 2.24) is 5.32 Å². The first-order chi connectivity index (χ1) is 6.74. The van der Waals surface area contributed by atoms with Crippen LogP contribution in [0.3, 0.4) is 0 Å². The molecular formula is C12H25NS. The van der Waals surface area contributed by atoms with E-state index in [1.165, 1.54) is 31.4 Å². The van der Waals surface area contributed by atoms with E-state index >= 15 is 0 Å². The van der Waals surface area contributed by atoms with Crippen molar-refractivity contribution >= 4 is 11.8 Å². The van der Waals surface area contributed by atoms with Crippen LogP contribution in [0.5, 0.6) is 0 Å². The summed E-state index contributed by atoms with van der Waals surface area (Å²) in [5.74, 6) is 2.23. The van der Waals surface area contributed by atoms with E-state index < -0.39 is 0 Å². The molecule has 2 atom stereocenters. The van der Waals surface area contributed by atoms with E-state index in [0.717, 1.165) is 23.8 Å². The highest BCUT2D eigenvalue weighted by atomic mass is 32.2. The first kappa shape index (κ1) is 12.4. The molecule has 1 fully saturated rings. The Morgan fingerprint density at radius 2 is 2.14 bits per heavy atom. The highest BCUT2D eigenvalue weighted by Crippen LogP contribution is 2.30. The largest absolute Gasteiger partial charge is 0.313 e. The molecular weight excluding hydrogens is 190 g/mol. The van der Waals surface area contributed by atoms with Gasteiger partial charge in [0.15, 0.2) is 0 Å². The molecule has 0 amide bonds. The molecule has 0 aromatic heterocycles. The Kier molecular flexibility index (Phi) is 5.95. The Morgan fingerprint density at radius 3 is 2.64 bits per heavy atom. The Morgan fingerprint density at radius 1 is 1.36 bits per heavy atom. The second kappa shape index (κ2) is 6.73. The van der Waals surface area contributed by atoms with Crippen molar-refractivity contribution < 1.29 is 0 Å². The minimum Gasteiger partial charge on any atom is -0.313 e. The van der Waals surface area contributed by atoms with Gasteiger partial charge in [-0.15, -0.1) is 0 Å². The summed E-state index contributed by atoms with van der Waals surface area (Å²) in [7, 11) is 0. The summed E-state index contributed by atoms with van der Waals surface area (Å²) in [5.41, 5.74) is 0. The van der Waals surface area contributed by atoms with Gasteiger partial charge in [0, 0.05) is 11.3 Å². The van der Waals surface area contributed by atoms with Crippen molar-refractivity contribution in [2.45, 2.75) is 57.7 Å². The Hall–Kier alpha value is 0.310. The first-order valence-corrected chi connectivity index (χ1v) is 7.14. The number of nitrogens with one attached hydrogen (secondary N) is 1. The molecule has 0 radical (unpaired) electrons. The third-order valence-corrected chi connectivity index (χ3v) is 4.45. The second-order valence-corrected chi connectivity index (χ2v) is 6.03. The number of rotatable bonds is 6. The average molecular weight is 215 g/mol. The van der Waals surface area contributed by atoms with Gasteiger partial charge in [0.2, 0.25) is 0 Å². The van der Waals surface area contributed by atoms with E-state index in [9.17, 15) is 0 Å². The van der Waals surface area contributed by atoms with Crippen molar-refractivity contribution in [3.05, 3.63) is 0 Å². The molecule has 0 aliphatic carbocycles. The molecule has 0 bridgehead atoms. The molecule has 2 heteroatoms. The zero-order valence-corrected chi connectivity index (χ0v) is 10.7. The Labute approximate surface area is 93.4 Å². The molecule has 1 heterocycles. The van der Waals surface area contributed by atoms with Gasteiger partial charge >= 0.3 is 0 Å². The summed E-state index contributed by atoms with van der Waals surface area (Å²) in [6.45, 7) is 8.00. The van der Waals surface area contributed by atoms with Crippen LogP contribution >= 0.6 is 11.8 Å². The van der Waals surface area contributed by atoms with E-state index in [4.69, 9.17) is 0 Å². The van der Waals surface area contributed by atoms with Crippen LogP contribution in [0, 0.1) is 5.92 Å². The van der Waals surface area contributed by atoms with Crippen molar-refractivity contribution in [1.29, 1.82) is 0 Å². The lowest BCUT2D eigenvalue weighted by molar-refractivity contribution is 0.421. The van der Waals surface area contributed by atoms with E-state index in [1.54, 1.807) is 0 Å². The second-order valence-electron chi connectivity index (χ2n) is 4.69. The van der Waals surface area contributed by atoms with Gasteiger partial charge in [0.25, 0.3) is 0 Å². The summed E-state index contributed by atoms with van der Waals surface area (Å²) in [4.78, 5) is 0. The van der Waals surface area contributed by atoms with Gasteiger partial charge in [0.1, 0.15) is 0 Å². The summed E-state index contributed by atoms with van der Waals surface area (Å²) in [6.07, 6.45) is 5.59. The number of hydrogen-bond donors (Lipinski definition) is 1. The lowest BCUT2D eigenvalue weighted by Crippen LogP contribution is -2.37. The van der Waals surface area contributed by atoms with Crippen LogP contribution in [-0.2, 0) is 0 Å². The van der Waals surface area contributed by atoms with Gasteiger partial charge in [-0.2, -0.15) is 11.8 Å². The maximum Gasteiger partial charge on any atom is 0.0201 e. The summed E-state index contributed by atoms with van der Waals surface area (Å²) < 4.78 is 0. The molecule has 2 unspecified atom stereocenters. The molecule has 1 rings (SSSR count). The molecule has 1 aliphatic rings. The third-order valence-electron chi connectivity index (χ3n) is 2.94. The molecule has 0 aromatic rings. The first-order valence-electron chi connectivity index (χ1n) is 6.09. The lowest BCUT2D eigenvalue weighted by Gasteiger charge is -2.24. The van der Waals surface area contributed by atoms with Crippen LogP contribution in [0.15, 0.2) is 0 Å².